The Bertz CT molecular complexity index is 584. The first-order valence-electron chi connectivity index (χ1n) is 5.32. The van der Waals surface area contributed by atoms with Gasteiger partial charge >= 0.3 is 0 Å². The summed E-state index contributed by atoms with van der Waals surface area (Å²) in [6.45, 7) is 0.600. The van der Waals surface area contributed by atoms with E-state index in [2.05, 4.69) is 32.3 Å². The number of aromatic nitrogens is 1. The number of nitrogens with zero attached hydrogens (tertiary/aromatic N) is 2. The molecule has 0 unspecified atom stereocenters. The first-order chi connectivity index (χ1) is 8.70. The van der Waals surface area contributed by atoms with Crippen LogP contribution in [0.5, 0.6) is 0 Å². The van der Waals surface area contributed by atoms with Crippen molar-refractivity contribution in [3.63, 3.8) is 0 Å². The Morgan fingerprint density at radius 2 is 2.22 bits per heavy atom. The molecule has 0 radical (unpaired) electrons. The Morgan fingerprint density at radius 1 is 1.39 bits per heavy atom. The number of hydrogen-bond donors (Lipinski definition) is 2. The second-order valence-corrected chi connectivity index (χ2v) is 4.61. The van der Waals surface area contributed by atoms with Crippen molar-refractivity contribution in [2.24, 2.45) is 0 Å². The molecule has 0 saturated heterocycles. The topological polar surface area (TPSA) is 74.7 Å². The van der Waals surface area contributed by atoms with E-state index < -0.39 is 0 Å². The number of nitrogens with two attached hydrogens (primary N) is 1. The van der Waals surface area contributed by atoms with E-state index in [0.29, 0.717) is 17.8 Å². The van der Waals surface area contributed by atoms with Gasteiger partial charge in [0.05, 0.1) is 33.7 Å². The minimum atomic E-state index is 0.584. The molecule has 18 heavy (non-hydrogen) atoms. The van der Waals surface area contributed by atoms with E-state index in [1.165, 1.54) is 0 Å². The molecule has 0 aliphatic rings. The fourth-order valence-electron chi connectivity index (χ4n) is 1.58. The van der Waals surface area contributed by atoms with Crippen molar-refractivity contribution in [3.05, 3.63) is 52.3 Å². The maximum absolute atomic E-state index is 8.83. The fraction of sp³-hybridized carbons (Fsp3) is 0.0769. The monoisotopic (exact) mass is 302 g/mol. The van der Waals surface area contributed by atoms with Crippen molar-refractivity contribution >= 4 is 27.3 Å². The van der Waals surface area contributed by atoms with Gasteiger partial charge in [-0.25, -0.2) is 0 Å². The van der Waals surface area contributed by atoms with Crippen LogP contribution in [-0.4, -0.2) is 4.98 Å². The summed E-state index contributed by atoms with van der Waals surface area (Å²) in [5.41, 5.74) is 8.91. The standard InChI is InChI=1S/C13H11BrN4/c14-11-7-17-8-12(16)13(11)18-6-10-3-1-2-9(4-10)5-15/h1-4,7-8H,6,16H2,(H,17,18). The van der Waals surface area contributed by atoms with Crippen LogP contribution < -0.4 is 11.1 Å². The molecule has 4 nitrogen and oxygen atoms in total. The summed E-state index contributed by atoms with van der Waals surface area (Å²) in [7, 11) is 0. The molecule has 0 aliphatic carbocycles. The molecule has 0 saturated carbocycles. The molecule has 2 rings (SSSR count). The van der Waals surface area contributed by atoms with Gasteiger partial charge in [0.15, 0.2) is 0 Å². The van der Waals surface area contributed by atoms with E-state index in [4.69, 9.17) is 11.0 Å². The summed E-state index contributed by atoms with van der Waals surface area (Å²) in [5, 5.41) is 12.1. The molecule has 0 atom stereocenters. The number of anilines is 2. The molecule has 5 heteroatoms. The van der Waals surface area contributed by atoms with Gasteiger partial charge in [-0.3, -0.25) is 4.98 Å². The van der Waals surface area contributed by atoms with E-state index >= 15 is 0 Å². The Balaban J connectivity index is 2.14. The second kappa shape index (κ2) is 5.52. The maximum atomic E-state index is 8.83. The number of nitrogen functional groups attached to an aromatic ring is 1. The molecular weight excluding hydrogens is 292 g/mol. The summed E-state index contributed by atoms with van der Waals surface area (Å²) >= 11 is 3.39. The van der Waals surface area contributed by atoms with Gasteiger partial charge in [-0.15, -0.1) is 0 Å². The predicted molar refractivity (Wildman–Crippen MR) is 74.8 cm³/mol. The third-order valence-electron chi connectivity index (χ3n) is 2.45. The second-order valence-electron chi connectivity index (χ2n) is 3.75. The Morgan fingerprint density at radius 3 is 2.94 bits per heavy atom. The zero-order chi connectivity index (χ0) is 13.0. The van der Waals surface area contributed by atoms with Crippen molar-refractivity contribution in [3.8, 4) is 6.07 Å². The van der Waals surface area contributed by atoms with Gasteiger partial charge in [0.1, 0.15) is 0 Å². The zero-order valence-corrected chi connectivity index (χ0v) is 11.1. The summed E-state index contributed by atoms with van der Waals surface area (Å²) < 4.78 is 0.818. The van der Waals surface area contributed by atoms with Crippen molar-refractivity contribution in [1.82, 2.24) is 4.98 Å². The SMILES string of the molecule is N#Cc1cccc(CNc2c(N)cncc2Br)c1. The smallest absolute Gasteiger partial charge is 0.0991 e. The van der Waals surface area contributed by atoms with Gasteiger partial charge in [0.25, 0.3) is 0 Å². The van der Waals surface area contributed by atoms with Crippen LogP contribution in [0.25, 0.3) is 0 Å². The minimum absolute atomic E-state index is 0.584. The highest BCUT2D eigenvalue weighted by Crippen LogP contribution is 2.27. The fourth-order valence-corrected chi connectivity index (χ4v) is 2.07. The lowest BCUT2D eigenvalue weighted by molar-refractivity contribution is 1.14. The van der Waals surface area contributed by atoms with Crippen molar-refractivity contribution in [1.29, 1.82) is 5.26 Å². The van der Waals surface area contributed by atoms with Crippen molar-refractivity contribution in [2.75, 3.05) is 11.1 Å². The van der Waals surface area contributed by atoms with Crippen LogP contribution in [0, 0.1) is 11.3 Å². The number of rotatable bonds is 3. The van der Waals surface area contributed by atoms with E-state index in [1.54, 1.807) is 18.5 Å². The summed E-state index contributed by atoms with van der Waals surface area (Å²) in [6, 6.07) is 9.56. The Hall–Kier alpha value is -2.06. The lowest BCUT2D eigenvalue weighted by atomic mass is 10.1. The number of nitrogens with one attached hydrogen (secondary N) is 1. The van der Waals surface area contributed by atoms with Gasteiger partial charge in [-0.2, -0.15) is 5.26 Å². The van der Waals surface area contributed by atoms with Crippen LogP contribution >= 0.6 is 15.9 Å². The van der Waals surface area contributed by atoms with Gasteiger partial charge in [0.2, 0.25) is 0 Å². The molecule has 3 N–H and O–H groups in total. The van der Waals surface area contributed by atoms with E-state index in [-0.39, 0.29) is 0 Å². The number of hydrogen-bond acceptors (Lipinski definition) is 4. The highest BCUT2D eigenvalue weighted by Gasteiger charge is 2.04. The number of nitriles is 1. The Labute approximate surface area is 114 Å². The largest absolute Gasteiger partial charge is 0.396 e. The zero-order valence-electron chi connectivity index (χ0n) is 9.52. The third kappa shape index (κ3) is 2.79. The van der Waals surface area contributed by atoms with Gasteiger partial charge in [-0.05, 0) is 33.6 Å². The van der Waals surface area contributed by atoms with Gasteiger partial charge in [-0.1, -0.05) is 12.1 Å². The summed E-state index contributed by atoms with van der Waals surface area (Å²) in [6.07, 6.45) is 3.28. The van der Waals surface area contributed by atoms with Gasteiger partial charge < -0.3 is 11.1 Å². The number of halogens is 1. The van der Waals surface area contributed by atoms with Crippen LogP contribution in [0.1, 0.15) is 11.1 Å². The molecule has 90 valence electrons. The number of benzene rings is 1. The third-order valence-corrected chi connectivity index (χ3v) is 3.06. The van der Waals surface area contributed by atoms with Crippen molar-refractivity contribution in [2.45, 2.75) is 6.54 Å². The average molecular weight is 303 g/mol. The number of pyridine rings is 1. The first kappa shape index (κ1) is 12.4. The molecule has 0 aliphatic heterocycles. The molecule has 1 heterocycles. The van der Waals surface area contributed by atoms with Crippen LogP contribution in [0.15, 0.2) is 41.1 Å². The average Bonchev–Trinajstić information content (AvgIpc) is 2.38. The van der Waals surface area contributed by atoms with Gasteiger partial charge in [0, 0.05) is 12.7 Å². The molecule has 0 spiro atoms. The molecule has 0 bridgehead atoms. The highest BCUT2D eigenvalue weighted by atomic mass is 79.9. The lowest BCUT2D eigenvalue weighted by Gasteiger charge is -2.10. The quantitative estimate of drug-likeness (QED) is 0.914. The van der Waals surface area contributed by atoms with E-state index in [1.807, 2.05) is 18.2 Å². The highest BCUT2D eigenvalue weighted by molar-refractivity contribution is 9.10. The molecule has 1 aromatic carbocycles. The van der Waals surface area contributed by atoms with Crippen LogP contribution in [0.3, 0.4) is 0 Å². The summed E-state index contributed by atoms with van der Waals surface area (Å²) in [5.74, 6) is 0. The van der Waals surface area contributed by atoms with E-state index in [0.717, 1.165) is 15.7 Å². The molecular formula is C13H11BrN4. The van der Waals surface area contributed by atoms with E-state index in [9.17, 15) is 0 Å². The summed E-state index contributed by atoms with van der Waals surface area (Å²) in [4.78, 5) is 3.97. The predicted octanol–water partition coefficient (Wildman–Crippen LogP) is 2.91. The molecule has 2 aromatic rings. The first-order valence-corrected chi connectivity index (χ1v) is 6.12. The van der Waals surface area contributed by atoms with Crippen LogP contribution in [-0.2, 0) is 6.54 Å². The maximum Gasteiger partial charge on any atom is 0.0991 e. The van der Waals surface area contributed by atoms with Crippen LogP contribution in [0.4, 0.5) is 11.4 Å². The normalized spacial score (nSPS) is 9.78. The van der Waals surface area contributed by atoms with Crippen molar-refractivity contribution < 1.29 is 0 Å². The minimum Gasteiger partial charge on any atom is -0.396 e. The molecule has 1 aromatic heterocycles. The van der Waals surface area contributed by atoms with Crippen LogP contribution in [0.2, 0.25) is 0 Å². The molecule has 0 fully saturated rings. The molecule has 0 amide bonds. The lowest BCUT2D eigenvalue weighted by Crippen LogP contribution is -2.04. The Kier molecular flexibility index (Phi) is 3.80.